The summed E-state index contributed by atoms with van der Waals surface area (Å²) in [6, 6.07) is 11.5. The van der Waals surface area contributed by atoms with Crippen molar-refractivity contribution < 1.29 is 19.1 Å². The number of carbonyl (C=O) groups excluding carboxylic acids is 2. The summed E-state index contributed by atoms with van der Waals surface area (Å²) in [7, 11) is 1.34. The van der Waals surface area contributed by atoms with Gasteiger partial charge in [-0.3, -0.25) is 4.79 Å². The topological polar surface area (TPSA) is 64.6 Å². The molecule has 0 saturated carbocycles. The highest BCUT2D eigenvalue weighted by Crippen LogP contribution is 2.37. The number of esters is 1. The van der Waals surface area contributed by atoms with E-state index in [4.69, 9.17) is 21.1 Å². The Bertz CT molecular complexity index is 1170. The van der Waals surface area contributed by atoms with Crippen LogP contribution < -0.4 is 10.1 Å². The van der Waals surface area contributed by atoms with Crippen LogP contribution in [0.5, 0.6) is 5.75 Å². The maximum atomic E-state index is 12.6. The van der Waals surface area contributed by atoms with Gasteiger partial charge in [-0.05, 0) is 73.1 Å². The molecule has 0 aliphatic heterocycles. The number of rotatable bonds is 6. The van der Waals surface area contributed by atoms with Gasteiger partial charge in [0.2, 0.25) is 0 Å². The zero-order valence-electron chi connectivity index (χ0n) is 18.0. The van der Waals surface area contributed by atoms with Crippen LogP contribution in [0.15, 0.2) is 41.8 Å². The van der Waals surface area contributed by atoms with Crippen molar-refractivity contribution in [1.29, 1.82) is 0 Å². The molecule has 166 valence electrons. The molecule has 0 fully saturated rings. The van der Waals surface area contributed by atoms with Crippen LogP contribution in [0.25, 0.3) is 11.1 Å². The Morgan fingerprint density at radius 1 is 1.09 bits per heavy atom. The first kappa shape index (κ1) is 22.4. The van der Waals surface area contributed by atoms with Crippen molar-refractivity contribution in [3.05, 3.63) is 69.1 Å². The zero-order valence-corrected chi connectivity index (χ0v) is 19.6. The fraction of sp³-hybridized carbons (Fsp3) is 0.280. The molecule has 1 amide bonds. The van der Waals surface area contributed by atoms with E-state index in [1.807, 2.05) is 18.4 Å². The Balaban J connectivity index is 1.54. The Hall–Kier alpha value is -2.83. The van der Waals surface area contributed by atoms with Gasteiger partial charge < -0.3 is 14.8 Å². The molecule has 5 nitrogen and oxygen atoms in total. The van der Waals surface area contributed by atoms with E-state index in [-0.39, 0.29) is 12.5 Å². The fourth-order valence-electron chi connectivity index (χ4n) is 3.95. The van der Waals surface area contributed by atoms with Gasteiger partial charge in [0, 0.05) is 16.0 Å². The maximum Gasteiger partial charge on any atom is 0.341 e. The Morgan fingerprint density at radius 2 is 1.88 bits per heavy atom. The lowest BCUT2D eigenvalue weighted by Gasteiger charge is -2.16. The average molecular weight is 470 g/mol. The Labute approximate surface area is 196 Å². The van der Waals surface area contributed by atoms with Crippen LogP contribution in [0.2, 0.25) is 5.02 Å². The van der Waals surface area contributed by atoms with E-state index in [2.05, 4.69) is 17.4 Å². The second-order valence-electron chi connectivity index (χ2n) is 7.78. The van der Waals surface area contributed by atoms with E-state index in [1.165, 1.54) is 42.4 Å². The van der Waals surface area contributed by atoms with Gasteiger partial charge in [0.1, 0.15) is 16.3 Å². The van der Waals surface area contributed by atoms with Crippen LogP contribution in [-0.2, 0) is 22.4 Å². The Kier molecular flexibility index (Phi) is 6.82. The normalized spacial score (nSPS) is 12.7. The third-order valence-electron chi connectivity index (χ3n) is 5.59. The molecule has 4 rings (SSSR count). The van der Waals surface area contributed by atoms with Gasteiger partial charge in [0.15, 0.2) is 6.61 Å². The lowest BCUT2D eigenvalue weighted by molar-refractivity contribution is -0.118. The van der Waals surface area contributed by atoms with Gasteiger partial charge in [0.25, 0.3) is 5.91 Å². The number of methoxy groups -OCH3 is 1. The second-order valence-corrected chi connectivity index (χ2v) is 9.10. The number of carbonyl (C=O) groups is 2. The number of nitrogens with one attached hydrogen (secondary N) is 1. The van der Waals surface area contributed by atoms with E-state index >= 15 is 0 Å². The highest BCUT2D eigenvalue weighted by Gasteiger charge is 2.23. The maximum absolute atomic E-state index is 12.6. The number of anilines is 1. The van der Waals surface area contributed by atoms with E-state index in [1.54, 1.807) is 18.2 Å². The highest BCUT2D eigenvalue weighted by molar-refractivity contribution is 7.15. The molecule has 0 spiro atoms. The third-order valence-corrected chi connectivity index (χ3v) is 6.72. The second kappa shape index (κ2) is 9.76. The van der Waals surface area contributed by atoms with Gasteiger partial charge in [0.05, 0.1) is 7.11 Å². The summed E-state index contributed by atoms with van der Waals surface area (Å²) in [5.74, 6) is -0.259. The lowest BCUT2D eigenvalue weighted by Crippen LogP contribution is -2.21. The third kappa shape index (κ3) is 4.81. The highest BCUT2D eigenvalue weighted by atomic mass is 35.5. The van der Waals surface area contributed by atoms with Crippen LogP contribution in [0.1, 0.15) is 39.9 Å². The number of thiophene rings is 1. The van der Waals surface area contributed by atoms with E-state index in [9.17, 15) is 9.59 Å². The SMILES string of the molecule is COC(=O)c1c(-c2ccc3c(c2)CCCC3)csc1NC(=O)COc1ccc(Cl)cc1C. The number of aryl methyl sites for hydroxylation is 3. The minimum Gasteiger partial charge on any atom is -0.483 e. The first-order chi connectivity index (χ1) is 15.5. The molecule has 2 aromatic carbocycles. The minimum atomic E-state index is -0.483. The standard InChI is InChI=1S/C25H24ClNO4S/c1-15-11-19(26)9-10-21(15)31-13-22(28)27-24-23(25(29)30-2)20(14-32-24)18-8-7-16-5-3-4-6-17(16)12-18/h7-12,14H,3-6,13H2,1-2H3,(H,27,28). The summed E-state index contributed by atoms with van der Waals surface area (Å²) < 4.78 is 10.6. The van der Waals surface area contributed by atoms with Crippen LogP contribution in [-0.4, -0.2) is 25.6 Å². The molecule has 32 heavy (non-hydrogen) atoms. The van der Waals surface area contributed by atoms with Crippen molar-refractivity contribution in [2.75, 3.05) is 19.0 Å². The minimum absolute atomic E-state index is 0.185. The van der Waals surface area contributed by atoms with Gasteiger partial charge >= 0.3 is 5.97 Å². The zero-order chi connectivity index (χ0) is 22.7. The predicted octanol–water partition coefficient (Wildman–Crippen LogP) is 6.06. The molecule has 1 heterocycles. The molecule has 1 aromatic heterocycles. The molecule has 7 heteroatoms. The van der Waals surface area contributed by atoms with E-state index in [0.29, 0.717) is 21.3 Å². The molecule has 0 bridgehead atoms. The quantitative estimate of drug-likeness (QED) is 0.445. The molecular weight excluding hydrogens is 446 g/mol. The first-order valence-electron chi connectivity index (χ1n) is 10.5. The number of halogens is 1. The van der Waals surface area contributed by atoms with Crippen LogP contribution in [0, 0.1) is 6.92 Å². The predicted molar refractivity (Wildman–Crippen MR) is 128 cm³/mol. The summed E-state index contributed by atoms with van der Waals surface area (Å²) >= 11 is 7.26. The van der Waals surface area contributed by atoms with Crippen molar-refractivity contribution in [1.82, 2.24) is 0 Å². The number of ether oxygens (including phenoxy) is 2. The number of benzene rings is 2. The van der Waals surface area contributed by atoms with Crippen LogP contribution in [0.3, 0.4) is 0 Å². The first-order valence-corrected chi connectivity index (χ1v) is 11.7. The number of hydrogen-bond acceptors (Lipinski definition) is 5. The van der Waals surface area contributed by atoms with Crippen LogP contribution >= 0.6 is 22.9 Å². The van der Waals surface area contributed by atoms with Crippen LogP contribution in [0.4, 0.5) is 5.00 Å². The van der Waals surface area contributed by atoms with Crippen molar-refractivity contribution >= 4 is 39.8 Å². The summed E-state index contributed by atoms with van der Waals surface area (Å²) in [4.78, 5) is 25.2. The molecule has 0 saturated heterocycles. The summed E-state index contributed by atoms with van der Waals surface area (Å²) in [6.45, 7) is 1.67. The van der Waals surface area contributed by atoms with Gasteiger partial charge in [-0.25, -0.2) is 4.79 Å². The molecule has 3 aromatic rings. The number of amides is 1. The van der Waals surface area contributed by atoms with Gasteiger partial charge in [-0.1, -0.05) is 29.8 Å². The number of fused-ring (bicyclic) bond motifs is 1. The molecule has 0 radical (unpaired) electrons. The van der Waals surface area contributed by atoms with Gasteiger partial charge in [-0.2, -0.15) is 0 Å². The van der Waals surface area contributed by atoms with Crippen molar-refractivity contribution in [3.8, 4) is 16.9 Å². The molecule has 1 aliphatic rings. The van der Waals surface area contributed by atoms with Crippen molar-refractivity contribution in [2.24, 2.45) is 0 Å². The van der Waals surface area contributed by atoms with Crippen molar-refractivity contribution in [2.45, 2.75) is 32.6 Å². The molecule has 1 aliphatic carbocycles. The molecule has 0 unspecified atom stereocenters. The summed E-state index contributed by atoms with van der Waals surface area (Å²) in [5, 5.41) is 5.75. The van der Waals surface area contributed by atoms with E-state index in [0.717, 1.165) is 29.5 Å². The van der Waals surface area contributed by atoms with Gasteiger partial charge in [-0.15, -0.1) is 11.3 Å². The summed E-state index contributed by atoms with van der Waals surface area (Å²) in [6.07, 6.45) is 4.54. The molecule has 1 N–H and O–H groups in total. The number of hydrogen-bond donors (Lipinski definition) is 1. The lowest BCUT2D eigenvalue weighted by atomic mass is 9.89. The monoisotopic (exact) mass is 469 g/mol. The fourth-order valence-corrected chi connectivity index (χ4v) is 5.15. The molecule has 0 atom stereocenters. The Morgan fingerprint density at radius 3 is 2.62 bits per heavy atom. The largest absolute Gasteiger partial charge is 0.483 e. The van der Waals surface area contributed by atoms with E-state index < -0.39 is 5.97 Å². The van der Waals surface area contributed by atoms with Crippen molar-refractivity contribution in [3.63, 3.8) is 0 Å². The smallest absolute Gasteiger partial charge is 0.341 e. The molecular formula is C25H24ClNO4S. The summed E-state index contributed by atoms with van der Waals surface area (Å²) in [5.41, 5.74) is 5.62. The average Bonchev–Trinajstić information content (AvgIpc) is 3.21.